The zero-order valence-electron chi connectivity index (χ0n) is 8.36. The van der Waals surface area contributed by atoms with E-state index in [1.54, 1.807) is 6.20 Å². The zero-order valence-corrected chi connectivity index (χ0v) is 8.36. The van der Waals surface area contributed by atoms with Crippen molar-refractivity contribution in [1.29, 1.82) is 0 Å². The van der Waals surface area contributed by atoms with Crippen LogP contribution in [-0.2, 0) is 13.0 Å². The highest BCUT2D eigenvalue weighted by molar-refractivity contribution is 5.22. The number of nitrogens with zero attached hydrogens (tertiary/aromatic N) is 4. The van der Waals surface area contributed by atoms with Crippen LogP contribution >= 0.6 is 0 Å². The van der Waals surface area contributed by atoms with Crippen LogP contribution in [0.15, 0.2) is 12.4 Å². The second-order valence-corrected chi connectivity index (χ2v) is 3.33. The van der Waals surface area contributed by atoms with Crippen molar-refractivity contribution in [1.82, 2.24) is 25.2 Å². The monoisotopic (exact) mass is 191 g/mol. The number of rotatable bonds is 3. The number of hydrogen-bond acceptors (Lipinski definition) is 3. The molecule has 2 rings (SSSR count). The van der Waals surface area contributed by atoms with Gasteiger partial charge in [-0.3, -0.25) is 9.78 Å². The molecule has 0 aliphatic rings. The zero-order chi connectivity index (χ0) is 9.97. The molecule has 0 fully saturated rings. The van der Waals surface area contributed by atoms with E-state index in [-0.39, 0.29) is 0 Å². The lowest BCUT2D eigenvalue weighted by atomic mass is 10.1. The van der Waals surface area contributed by atoms with Gasteiger partial charge >= 0.3 is 0 Å². The van der Waals surface area contributed by atoms with Gasteiger partial charge in [0.25, 0.3) is 0 Å². The van der Waals surface area contributed by atoms with E-state index in [1.807, 2.05) is 24.7 Å². The van der Waals surface area contributed by atoms with Crippen LogP contribution in [0.2, 0.25) is 0 Å². The molecular formula is C9H13N5. The summed E-state index contributed by atoms with van der Waals surface area (Å²) in [6.45, 7) is 4.90. The first-order chi connectivity index (χ1) is 6.77. The highest BCUT2D eigenvalue weighted by Crippen LogP contribution is 2.10. The second kappa shape index (κ2) is 3.61. The van der Waals surface area contributed by atoms with Gasteiger partial charge < -0.3 is 0 Å². The van der Waals surface area contributed by atoms with E-state index in [0.717, 1.165) is 24.4 Å². The first kappa shape index (κ1) is 8.93. The Hall–Kier alpha value is -1.65. The van der Waals surface area contributed by atoms with Crippen molar-refractivity contribution in [3.8, 4) is 0 Å². The normalized spacial score (nSPS) is 10.7. The molecular weight excluding hydrogens is 178 g/mol. The standard InChI is InChI=1S/C9H13N5/c1-7-9(8(2)12-11-7)3-5-14-6-4-10-13-14/h4,6H,3,5H2,1-2H3,(H,11,12). The Morgan fingerprint density at radius 2 is 2.29 bits per heavy atom. The van der Waals surface area contributed by atoms with Crippen LogP contribution in [0.4, 0.5) is 0 Å². The maximum absolute atomic E-state index is 4.15. The van der Waals surface area contributed by atoms with Crippen molar-refractivity contribution in [2.75, 3.05) is 0 Å². The van der Waals surface area contributed by atoms with Crippen LogP contribution in [0.25, 0.3) is 0 Å². The fourth-order valence-electron chi connectivity index (χ4n) is 1.52. The van der Waals surface area contributed by atoms with E-state index < -0.39 is 0 Å². The summed E-state index contributed by atoms with van der Waals surface area (Å²) in [5.41, 5.74) is 3.49. The molecule has 0 bridgehead atoms. The highest BCUT2D eigenvalue weighted by atomic mass is 15.4. The summed E-state index contributed by atoms with van der Waals surface area (Å²) in [4.78, 5) is 0. The van der Waals surface area contributed by atoms with Crippen LogP contribution < -0.4 is 0 Å². The summed E-state index contributed by atoms with van der Waals surface area (Å²) in [6.07, 6.45) is 4.50. The third kappa shape index (κ3) is 1.66. The Kier molecular flexibility index (Phi) is 2.30. The Morgan fingerprint density at radius 3 is 2.86 bits per heavy atom. The number of hydrogen-bond donors (Lipinski definition) is 1. The van der Waals surface area contributed by atoms with E-state index >= 15 is 0 Å². The molecule has 14 heavy (non-hydrogen) atoms. The van der Waals surface area contributed by atoms with Crippen molar-refractivity contribution >= 4 is 0 Å². The van der Waals surface area contributed by atoms with Crippen LogP contribution in [0.5, 0.6) is 0 Å². The maximum atomic E-state index is 4.15. The van der Waals surface area contributed by atoms with Crippen molar-refractivity contribution in [3.05, 3.63) is 29.3 Å². The van der Waals surface area contributed by atoms with E-state index in [2.05, 4.69) is 20.5 Å². The summed E-state index contributed by atoms with van der Waals surface area (Å²) >= 11 is 0. The number of aromatic nitrogens is 5. The van der Waals surface area contributed by atoms with Gasteiger partial charge in [-0.05, 0) is 25.8 Å². The second-order valence-electron chi connectivity index (χ2n) is 3.33. The Balaban J connectivity index is 2.05. The van der Waals surface area contributed by atoms with Crippen LogP contribution in [0.3, 0.4) is 0 Å². The average Bonchev–Trinajstić information content (AvgIpc) is 2.76. The van der Waals surface area contributed by atoms with Gasteiger partial charge in [0.15, 0.2) is 0 Å². The van der Waals surface area contributed by atoms with E-state index in [9.17, 15) is 0 Å². The minimum Gasteiger partial charge on any atom is -0.282 e. The number of nitrogens with one attached hydrogen (secondary N) is 1. The summed E-state index contributed by atoms with van der Waals surface area (Å²) in [7, 11) is 0. The molecule has 1 N–H and O–H groups in total. The molecule has 0 aliphatic heterocycles. The molecule has 0 spiro atoms. The number of aromatic amines is 1. The molecule has 2 aromatic heterocycles. The molecule has 2 heterocycles. The number of aryl methyl sites for hydroxylation is 3. The lowest BCUT2D eigenvalue weighted by molar-refractivity contribution is 0.587. The van der Waals surface area contributed by atoms with Crippen LogP contribution in [0.1, 0.15) is 17.0 Å². The van der Waals surface area contributed by atoms with Crippen LogP contribution in [-0.4, -0.2) is 25.2 Å². The third-order valence-electron chi connectivity index (χ3n) is 2.34. The molecule has 0 radical (unpaired) electrons. The lowest BCUT2D eigenvalue weighted by Crippen LogP contribution is -2.03. The minimum atomic E-state index is 0.848. The van der Waals surface area contributed by atoms with E-state index in [0.29, 0.717) is 0 Å². The van der Waals surface area contributed by atoms with Gasteiger partial charge in [-0.2, -0.15) is 5.10 Å². The molecule has 0 aliphatic carbocycles. The first-order valence-corrected chi connectivity index (χ1v) is 4.62. The largest absolute Gasteiger partial charge is 0.282 e. The molecule has 0 aromatic carbocycles. The van der Waals surface area contributed by atoms with Gasteiger partial charge in [0.05, 0.1) is 11.9 Å². The molecule has 0 saturated carbocycles. The van der Waals surface area contributed by atoms with Gasteiger partial charge in [-0.15, -0.1) is 5.10 Å². The molecule has 5 nitrogen and oxygen atoms in total. The fourth-order valence-corrected chi connectivity index (χ4v) is 1.52. The topological polar surface area (TPSA) is 59.4 Å². The van der Waals surface area contributed by atoms with Crippen molar-refractivity contribution in [2.45, 2.75) is 26.8 Å². The molecule has 0 amide bonds. The molecule has 0 atom stereocenters. The van der Waals surface area contributed by atoms with E-state index in [1.165, 1.54) is 5.56 Å². The Labute approximate surface area is 82.1 Å². The summed E-state index contributed by atoms with van der Waals surface area (Å²) in [6, 6.07) is 0. The van der Waals surface area contributed by atoms with Crippen molar-refractivity contribution < 1.29 is 0 Å². The summed E-state index contributed by atoms with van der Waals surface area (Å²) < 4.78 is 1.83. The molecule has 0 unspecified atom stereocenters. The van der Waals surface area contributed by atoms with Gasteiger partial charge in [0.2, 0.25) is 0 Å². The first-order valence-electron chi connectivity index (χ1n) is 4.62. The summed E-state index contributed by atoms with van der Waals surface area (Å²) in [5.74, 6) is 0. The van der Waals surface area contributed by atoms with Crippen molar-refractivity contribution in [2.24, 2.45) is 0 Å². The minimum absolute atomic E-state index is 0.848. The number of H-pyrrole nitrogens is 1. The molecule has 5 heteroatoms. The van der Waals surface area contributed by atoms with Gasteiger partial charge in [0, 0.05) is 18.4 Å². The van der Waals surface area contributed by atoms with Crippen LogP contribution in [0, 0.1) is 13.8 Å². The lowest BCUT2D eigenvalue weighted by Gasteiger charge is -2.00. The van der Waals surface area contributed by atoms with Gasteiger partial charge in [-0.25, -0.2) is 0 Å². The Morgan fingerprint density at radius 1 is 1.43 bits per heavy atom. The average molecular weight is 191 g/mol. The molecule has 74 valence electrons. The Bertz CT molecular complexity index is 381. The molecule has 0 saturated heterocycles. The maximum Gasteiger partial charge on any atom is 0.0692 e. The third-order valence-corrected chi connectivity index (χ3v) is 2.34. The fraction of sp³-hybridized carbons (Fsp3) is 0.444. The quantitative estimate of drug-likeness (QED) is 0.782. The predicted octanol–water partition coefficient (Wildman–Crippen LogP) is 0.861. The van der Waals surface area contributed by atoms with E-state index in [4.69, 9.17) is 0 Å². The SMILES string of the molecule is Cc1n[nH]c(C)c1CCn1ccnn1. The smallest absolute Gasteiger partial charge is 0.0692 e. The molecule has 2 aromatic rings. The highest BCUT2D eigenvalue weighted by Gasteiger charge is 2.05. The van der Waals surface area contributed by atoms with Crippen molar-refractivity contribution in [3.63, 3.8) is 0 Å². The van der Waals surface area contributed by atoms with Gasteiger partial charge in [-0.1, -0.05) is 5.21 Å². The predicted molar refractivity (Wildman–Crippen MR) is 51.8 cm³/mol. The van der Waals surface area contributed by atoms with Gasteiger partial charge in [0.1, 0.15) is 0 Å². The summed E-state index contributed by atoms with van der Waals surface area (Å²) in [5, 5.41) is 14.8.